The third kappa shape index (κ3) is 5.61. The first kappa shape index (κ1) is 21.0. The normalized spacial score (nSPS) is 21.8. The number of nitrogens with two attached hydrogens (primary N) is 1. The van der Waals surface area contributed by atoms with Crippen molar-refractivity contribution >= 4 is 17.5 Å². The van der Waals surface area contributed by atoms with E-state index in [2.05, 4.69) is 5.32 Å². The average Bonchev–Trinajstić information content (AvgIpc) is 3.47. The molecule has 0 unspecified atom stereocenters. The topological polar surface area (TPSA) is 98.5 Å². The molecule has 0 bridgehead atoms. The van der Waals surface area contributed by atoms with Gasteiger partial charge in [0.15, 0.2) is 11.6 Å². The van der Waals surface area contributed by atoms with Crippen LogP contribution in [0.25, 0.3) is 0 Å². The molecule has 0 saturated heterocycles. The summed E-state index contributed by atoms with van der Waals surface area (Å²) in [6.45, 7) is 6.23. The molecule has 0 aromatic heterocycles. The monoisotopic (exact) mass is 366 g/mol. The summed E-state index contributed by atoms with van der Waals surface area (Å²) in [4.78, 5) is 38.0. The smallest absolute Gasteiger partial charge is 0.224 e. The highest BCUT2D eigenvalue weighted by Crippen LogP contribution is 2.47. The van der Waals surface area contributed by atoms with E-state index in [0.717, 1.165) is 25.7 Å². The lowest BCUT2D eigenvalue weighted by Gasteiger charge is -2.25. The molecule has 0 aliphatic heterocycles. The minimum absolute atomic E-state index is 0.126. The lowest BCUT2D eigenvalue weighted by Crippen LogP contribution is -2.48. The van der Waals surface area contributed by atoms with E-state index >= 15 is 0 Å². The maximum Gasteiger partial charge on any atom is 0.224 e. The van der Waals surface area contributed by atoms with Crippen LogP contribution in [-0.2, 0) is 19.1 Å². The summed E-state index contributed by atoms with van der Waals surface area (Å²) in [6.07, 6.45) is 4.45. The van der Waals surface area contributed by atoms with Gasteiger partial charge in [0.2, 0.25) is 5.91 Å². The van der Waals surface area contributed by atoms with E-state index in [0.29, 0.717) is 12.3 Å². The molecule has 148 valence electrons. The summed E-state index contributed by atoms with van der Waals surface area (Å²) in [5, 5.41) is 2.98. The van der Waals surface area contributed by atoms with Gasteiger partial charge >= 0.3 is 0 Å². The number of hydrogen-bond donors (Lipinski definition) is 2. The molecule has 26 heavy (non-hydrogen) atoms. The summed E-state index contributed by atoms with van der Waals surface area (Å²) >= 11 is 0. The van der Waals surface area contributed by atoms with Gasteiger partial charge in [-0.25, -0.2) is 0 Å². The molecule has 0 heterocycles. The summed E-state index contributed by atoms with van der Waals surface area (Å²) < 4.78 is 4.94. The van der Waals surface area contributed by atoms with Gasteiger partial charge < -0.3 is 15.8 Å². The lowest BCUT2D eigenvalue weighted by molar-refractivity contribution is -0.135. The fourth-order valence-corrected chi connectivity index (χ4v) is 3.45. The van der Waals surface area contributed by atoms with Gasteiger partial charge in [0.25, 0.3) is 0 Å². The van der Waals surface area contributed by atoms with Crippen molar-refractivity contribution in [3.63, 3.8) is 0 Å². The molecule has 3 N–H and O–H groups in total. The van der Waals surface area contributed by atoms with E-state index in [-0.39, 0.29) is 47.8 Å². The second-order valence-electron chi connectivity index (χ2n) is 8.79. The molecule has 2 rings (SSSR count). The Balaban J connectivity index is 2.02. The minimum atomic E-state index is -0.701. The number of Topliss-reactive ketones (excluding diaryl/α,β-unsaturated/α-hetero) is 2. The van der Waals surface area contributed by atoms with Crippen molar-refractivity contribution in [2.75, 3.05) is 13.7 Å². The predicted molar refractivity (Wildman–Crippen MR) is 99.4 cm³/mol. The van der Waals surface area contributed by atoms with E-state index in [4.69, 9.17) is 10.5 Å². The molecule has 2 aliphatic carbocycles. The lowest BCUT2D eigenvalue weighted by atomic mass is 9.89. The minimum Gasteiger partial charge on any atom is -0.383 e. The van der Waals surface area contributed by atoms with Gasteiger partial charge in [-0.3, -0.25) is 14.4 Å². The summed E-state index contributed by atoms with van der Waals surface area (Å²) in [5.74, 6) is -0.0485. The molecular weight excluding hydrogens is 332 g/mol. The molecule has 2 saturated carbocycles. The maximum absolute atomic E-state index is 12.9. The van der Waals surface area contributed by atoms with Crippen LogP contribution in [0.15, 0.2) is 0 Å². The summed E-state index contributed by atoms with van der Waals surface area (Å²) in [7, 11) is 1.50. The number of amides is 1. The second-order valence-corrected chi connectivity index (χ2v) is 8.79. The van der Waals surface area contributed by atoms with Gasteiger partial charge in [-0.2, -0.15) is 0 Å². The van der Waals surface area contributed by atoms with Crippen LogP contribution in [0.5, 0.6) is 0 Å². The molecule has 3 atom stereocenters. The van der Waals surface area contributed by atoms with Crippen LogP contribution in [0.4, 0.5) is 0 Å². The Bertz CT molecular complexity index is 538. The van der Waals surface area contributed by atoms with Crippen molar-refractivity contribution in [1.29, 1.82) is 0 Å². The number of ketones is 2. The van der Waals surface area contributed by atoms with Gasteiger partial charge in [0.05, 0.1) is 18.7 Å². The molecule has 2 fully saturated rings. The maximum atomic E-state index is 12.9. The zero-order valence-electron chi connectivity index (χ0n) is 16.5. The SMILES string of the molecule is COC[C@H](N)C(=O)C[C@H](C(=O)N[C@@H](CC(C)C)C(=O)C1(C)CC1)C1CC1. The standard InChI is InChI=1S/C20H34N2O4/c1-12(2)9-16(18(24)20(3)7-8-20)22-19(25)14(13-5-6-13)10-17(23)15(21)11-26-4/h12-16H,5-11,21H2,1-4H3,(H,22,25)/t14-,15-,16-/m0/s1. The Kier molecular flexibility index (Phi) is 6.97. The average molecular weight is 367 g/mol. The summed E-state index contributed by atoms with van der Waals surface area (Å²) in [6, 6.07) is -1.16. The second kappa shape index (κ2) is 8.61. The molecule has 0 aromatic rings. The number of hydrogen-bond acceptors (Lipinski definition) is 5. The van der Waals surface area contributed by atoms with Gasteiger partial charge in [-0.15, -0.1) is 0 Å². The first-order valence-electron chi connectivity index (χ1n) is 9.80. The van der Waals surface area contributed by atoms with Crippen molar-refractivity contribution in [2.45, 2.75) is 71.4 Å². The van der Waals surface area contributed by atoms with Crippen LogP contribution >= 0.6 is 0 Å². The molecule has 0 aromatic carbocycles. The van der Waals surface area contributed by atoms with Crippen molar-refractivity contribution in [3.05, 3.63) is 0 Å². The number of nitrogens with one attached hydrogen (secondary N) is 1. The van der Waals surface area contributed by atoms with E-state index in [1.807, 2.05) is 20.8 Å². The van der Waals surface area contributed by atoms with E-state index in [1.165, 1.54) is 7.11 Å². The molecular formula is C20H34N2O4. The molecule has 1 amide bonds. The van der Waals surface area contributed by atoms with Crippen LogP contribution < -0.4 is 11.1 Å². The van der Waals surface area contributed by atoms with Crippen molar-refractivity contribution in [1.82, 2.24) is 5.32 Å². The Morgan fingerprint density at radius 1 is 1.23 bits per heavy atom. The van der Waals surface area contributed by atoms with Crippen LogP contribution in [0.2, 0.25) is 0 Å². The Morgan fingerprint density at radius 2 is 1.85 bits per heavy atom. The van der Waals surface area contributed by atoms with Gasteiger partial charge in [0, 0.05) is 24.9 Å². The fourth-order valence-electron chi connectivity index (χ4n) is 3.45. The van der Waals surface area contributed by atoms with Crippen LogP contribution in [0.1, 0.15) is 59.3 Å². The molecule has 6 nitrogen and oxygen atoms in total. The van der Waals surface area contributed by atoms with E-state index in [1.54, 1.807) is 0 Å². The largest absolute Gasteiger partial charge is 0.383 e. The van der Waals surface area contributed by atoms with Gasteiger partial charge in [-0.05, 0) is 43.9 Å². The van der Waals surface area contributed by atoms with Gasteiger partial charge in [0.1, 0.15) is 0 Å². The first-order chi connectivity index (χ1) is 12.2. The highest BCUT2D eigenvalue weighted by molar-refractivity contribution is 5.96. The predicted octanol–water partition coefficient (Wildman–Crippen LogP) is 1.85. The number of methoxy groups -OCH3 is 1. The fraction of sp³-hybridized carbons (Fsp3) is 0.850. The van der Waals surface area contributed by atoms with Crippen molar-refractivity contribution < 1.29 is 19.1 Å². The quantitative estimate of drug-likeness (QED) is 0.549. The highest BCUT2D eigenvalue weighted by atomic mass is 16.5. The number of carbonyl (C=O) groups is 3. The highest BCUT2D eigenvalue weighted by Gasteiger charge is 2.48. The van der Waals surface area contributed by atoms with Crippen LogP contribution in [0, 0.1) is 23.2 Å². The van der Waals surface area contributed by atoms with E-state index in [9.17, 15) is 14.4 Å². The zero-order chi connectivity index (χ0) is 19.5. The molecule has 0 spiro atoms. The third-order valence-electron chi connectivity index (χ3n) is 5.64. The summed E-state index contributed by atoms with van der Waals surface area (Å²) in [5.41, 5.74) is 5.54. The van der Waals surface area contributed by atoms with Crippen LogP contribution in [0.3, 0.4) is 0 Å². The number of carbonyl (C=O) groups excluding carboxylic acids is 3. The molecule has 6 heteroatoms. The Labute approximate surface area is 156 Å². The van der Waals surface area contributed by atoms with E-state index < -0.39 is 12.1 Å². The van der Waals surface area contributed by atoms with Gasteiger partial charge in [-0.1, -0.05) is 20.8 Å². The van der Waals surface area contributed by atoms with Crippen LogP contribution in [-0.4, -0.2) is 43.3 Å². The number of ether oxygens (including phenoxy) is 1. The Morgan fingerprint density at radius 3 is 2.31 bits per heavy atom. The Hall–Kier alpha value is -1.27. The van der Waals surface area contributed by atoms with Crippen molar-refractivity contribution in [3.8, 4) is 0 Å². The number of rotatable bonds is 12. The third-order valence-corrected chi connectivity index (χ3v) is 5.64. The first-order valence-corrected chi connectivity index (χ1v) is 9.80. The van der Waals surface area contributed by atoms with Crippen molar-refractivity contribution in [2.24, 2.45) is 28.9 Å². The molecule has 2 aliphatic rings. The molecule has 0 radical (unpaired) electrons. The zero-order valence-corrected chi connectivity index (χ0v) is 16.5.